The third-order valence-electron chi connectivity index (χ3n) is 10.7. The predicted octanol–water partition coefficient (Wildman–Crippen LogP) is 9.98. The van der Waals surface area contributed by atoms with Gasteiger partial charge in [0.1, 0.15) is 35.9 Å². The summed E-state index contributed by atoms with van der Waals surface area (Å²) in [4.78, 5) is 30.1. The molecular weight excluding hydrogens is 900 g/mol. The molecular formula is C50H61FN4O10S2. The minimum absolute atomic E-state index is 0.106. The molecule has 0 saturated carbocycles. The lowest BCUT2D eigenvalue weighted by Crippen LogP contribution is -2.28. The molecule has 6 aromatic rings. The highest BCUT2D eigenvalue weighted by molar-refractivity contribution is 7.91. The van der Waals surface area contributed by atoms with E-state index < -0.39 is 37.4 Å². The summed E-state index contributed by atoms with van der Waals surface area (Å²) in [5.41, 5.74) is -0.0663. The summed E-state index contributed by atoms with van der Waals surface area (Å²) in [6.45, 7) is 18.2. The zero-order valence-electron chi connectivity index (χ0n) is 39.0. The van der Waals surface area contributed by atoms with E-state index in [-0.39, 0.29) is 20.9 Å². The summed E-state index contributed by atoms with van der Waals surface area (Å²) in [6.07, 6.45) is 5.60. The van der Waals surface area contributed by atoms with Crippen molar-refractivity contribution >= 4 is 54.1 Å². The molecule has 14 nitrogen and oxygen atoms in total. The van der Waals surface area contributed by atoms with Crippen LogP contribution in [-0.2, 0) is 29.5 Å². The molecule has 360 valence electrons. The summed E-state index contributed by atoms with van der Waals surface area (Å²) in [5.74, 6) is 1.35. The van der Waals surface area contributed by atoms with Crippen molar-refractivity contribution in [3.05, 3.63) is 115 Å². The van der Waals surface area contributed by atoms with Crippen molar-refractivity contribution in [2.75, 3.05) is 52.5 Å². The van der Waals surface area contributed by atoms with E-state index in [4.69, 9.17) is 18.9 Å². The van der Waals surface area contributed by atoms with Crippen molar-refractivity contribution in [3.63, 3.8) is 0 Å². The first-order valence-electron chi connectivity index (χ1n) is 22.4. The first-order valence-corrected chi connectivity index (χ1v) is 25.3. The van der Waals surface area contributed by atoms with Gasteiger partial charge in [0.2, 0.25) is 9.84 Å². The number of likely N-dealkylation sites (tertiary alicyclic amines) is 2. The van der Waals surface area contributed by atoms with Gasteiger partial charge in [0, 0.05) is 30.1 Å². The molecule has 2 aliphatic rings. The normalized spacial score (nSPS) is 14.8. The Hall–Kier alpha value is -5.75. The molecule has 0 N–H and O–H groups in total. The van der Waals surface area contributed by atoms with Gasteiger partial charge in [-0.1, -0.05) is 48.5 Å². The predicted molar refractivity (Wildman–Crippen MR) is 256 cm³/mol. The Kier molecular flexibility index (Phi) is 16.6. The monoisotopic (exact) mass is 960 g/mol. The van der Waals surface area contributed by atoms with Gasteiger partial charge in [-0.05, 0) is 154 Å². The Morgan fingerprint density at radius 3 is 1.51 bits per heavy atom. The van der Waals surface area contributed by atoms with Gasteiger partial charge in [-0.2, -0.15) is 8.42 Å². The molecule has 0 amide bonds. The van der Waals surface area contributed by atoms with Crippen LogP contribution < -0.4 is 9.47 Å². The second-order valence-corrected chi connectivity index (χ2v) is 21.4. The highest BCUT2D eigenvalue weighted by Crippen LogP contribution is 2.34. The van der Waals surface area contributed by atoms with Crippen molar-refractivity contribution in [2.45, 2.75) is 93.2 Å². The Bertz CT molecular complexity index is 2820. The number of halogens is 1. The van der Waals surface area contributed by atoms with Crippen LogP contribution in [0.3, 0.4) is 0 Å². The summed E-state index contributed by atoms with van der Waals surface area (Å²) in [5, 5.41) is 1.35. The number of fused-ring (bicyclic) bond motifs is 2. The number of aromatic nitrogens is 2. The van der Waals surface area contributed by atoms with Gasteiger partial charge in [-0.3, -0.25) is 14.4 Å². The number of rotatable bonds is 11. The third kappa shape index (κ3) is 13.9. The standard InChI is InChI=1S/C25H30N2O5S.C19H26N2O3.C6H5FO2S/c1-25(2,3)32-24(28)27-21-12-9-13-22(31-17-16-26-14-7-8-15-26)20(21)18-23(27)33(29,30)19-10-5-4-6-11-19;1-19(2,3)24-18(22)21-12-9-15-16(21)7-6-8-17(15)23-14-13-20-10-4-5-11-20;7-10(8,9)6-4-2-1-3-5-6/h4-6,9-13,18H,7-8,14-17H2,1-3H3;6-9,12H,4-5,10-11,13-14H2,1-3H3;1-5H. The molecule has 2 aliphatic heterocycles. The molecule has 2 saturated heterocycles. The SMILES string of the molecule is CC(C)(C)OC(=O)n1c(S(=O)(=O)c2ccccc2)cc2c(OCCN3CCCC3)cccc21.CC(C)(C)OC(=O)n1ccc2c(OCCN3CCCC3)cccc21.O=S(=O)(F)c1ccccc1. The van der Waals surface area contributed by atoms with Crippen molar-refractivity contribution in [1.82, 2.24) is 18.9 Å². The highest BCUT2D eigenvalue weighted by Gasteiger charge is 2.31. The topological polar surface area (TPSA) is 156 Å². The number of carbonyl (C=O) groups is 2. The lowest BCUT2D eigenvalue weighted by Gasteiger charge is -2.21. The van der Waals surface area contributed by atoms with Crippen LogP contribution in [0.1, 0.15) is 67.2 Å². The number of nitrogens with zero attached hydrogens (tertiary/aromatic N) is 4. The van der Waals surface area contributed by atoms with Gasteiger partial charge < -0.3 is 18.9 Å². The quantitative estimate of drug-likeness (QED) is 0.114. The van der Waals surface area contributed by atoms with Crippen molar-refractivity contribution in [1.29, 1.82) is 0 Å². The lowest BCUT2D eigenvalue weighted by atomic mass is 10.2. The molecule has 17 heteroatoms. The molecule has 0 aliphatic carbocycles. The van der Waals surface area contributed by atoms with Crippen LogP contribution in [0.4, 0.5) is 13.5 Å². The first-order chi connectivity index (χ1) is 31.7. The van der Waals surface area contributed by atoms with Gasteiger partial charge in [0.25, 0.3) is 0 Å². The molecule has 0 unspecified atom stereocenters. The molecule has 67 heavy (non-hydrogen) atoms. The fraction of sp³-hybridized carbons (Fsp3) is 0.400. The van der Waals surface area contributed by atoms with Crippen molar-refractivity contribution in [3.8, 4) is 11.5 Å². The summed E-state index contributed by atoms with van der Waals surface area (Å²) < 4.78 is 85.2. The van der Waals surface area contributed by atoms with E-state index in [1.165, 1.54) is 85.8 Å². The van der Waals surface area contributed by atoms with E-state index in [9.17, 15) is 30.3 Å². The van der Waals surface area contributed by atoms with Crippen molar-refractivity contribution in [2.24, 2.45) is 0 Å². The van der Waals surface area contributed by atoms with Gasteiger partial charge in [0.05, 0.1) is 20.8 Å². The van der Waals surface area contributed by atoms with Crippen LogP contribution >= 0.6 is 0 Å². The molecule has 8 rings (SSSR count). The van der Waals surface area contributed by atoms with Gasteiger partial charge in [-0.15, -0.1) is 3.89 Å². The average Bonchev–Trinajstić information content (AvgIpc) is 4.11. The largest absolute Gasteiger partial charge is 0.492 e. The maximum absolute atomic E-state index is 13.5. The highest BCUT2D eigenvalue weighted by atomic mass is 32.3. The maximum Gasteiger partial charge on any atom is 0.420 e. The number of benzene rings is 4. The first kappa shape index (κ1) is 50.7. The fourth-order valence-corrected chi connectivity index (χ4v) is 9.55. The van der Waals surface area contributed by atoms with E-state index >= 15 is 0 Å². The molecule has 0 spiro atoms. The lowest BCUT2D eigenvalue weighted by molar-refractivity contribution is 0.0524. The van der Waals surface area contributed by atoms with Crippen LogP contribution in [0.25, 0.3) is 21.8 Å². The van der Waals surface area contributed by atoms with Crippen molar-refractivity contribution < 1.29 is 49.3 Å². The zero-order valence-corrected chi connectivity index (χ0v) is 40.7. The molecule has 2 fully saturated rings. The maximum atomic E-state index is 13.5. The minimum atomic E-state index is -4.50. The van der Waals surface area contributed by atoms with E-state index in [1.54, 1.807) is 69.4 Å². The van der Waals surface area contributed by atoms with E-state index in [2.05, 4.69) is 9.80 Å². The Morgan fingerprint density at radius 1 is 0.567 bits per heavy atom. The number of hydrogen-bond acceptors (Lipinski definition) is 12. The Morgan fingerprint density at radius 2 is 1.03 bits per heavy atom. The molecule has 4 heterocycles. The summed E-state index contributed by atoms with van der Waals surface area (Å²) in [7, 11) is -8.49. The van der Waals surface area contributed by atoms with Crippen LogP contribution in [0.5, 0.6) is 11.5 Å². The molecule has 4 aromatic carbocycles. The number of ether oxygens (including phenoxy) is 4. The van der Waals surface area contributed by atoms with Crippen LogP contribution in [0.15, 0.2) is 130 Å². The Balaban J connectivity index is 0.000000189. The van der Waals surface area contributed by atoms with Gasteiger partial charge in [0.15, 0.2) is 5.03 Å². The Labute approximate surface area is 393 Å². The van der Waals surface area contributed by atoms with Crippen LogP contribution in [0.2, 0.25) is 0 Å². The third-order valence-corrected chi connectivity index (χ3v) is 13.3. The van der Waals surface area contributed by atoms with E-state index in [0.29, 0.717) is 29.9 Å². The van der Waals surface area contributed by atoms with Crippen LogP contribution in [-0.4, -0.2) is 112 Å². The smallest absolute Gasteiger partial charge is 0.420 e. The summed E-state index contributed by atoms with van der Waals surface area (Å²) >= 11 is 0. The van der Waals surface area contributed by atoms with E-state index in [1.807, 2.05) is 45.0 Å². The molecule has 0 bridgehead atoms. The number of carbonyl (C=O) groups excluding carboxylic acids is 2. The van der Waals surface area contributed by atoms with Gasteiger partial charge in [-0.25, -0.2) is 22.6 Å². The fourth-order valence-electron chi connectivity index (χ4n) is 7.62. The second kappa shape index (κ2) is 21.9. The molecule has 0 radical (unpaired) electrons. The van der Waals surface area contributed by atoms with E-state index in [0.717, 1.165) is 47.4 Å². The minimum Gasteiger partial charge on any atom is -0.492 e. The molecule has 0 atom stereocenters. The zero-order chi connectivity index (χ0) is 48.4. The summed E-state index contributed by atoms with van der Waals surface area (Å²) in [6, 6.07) is 29.5. The second-order valence-electron chi connectivity index (χ2n) is 18.2. The number of sulfone groups is 1. The molecule has 2 aromatic heterocycles. The van der Waals surface area contributed by atoms with Crippen LogP contribution in [0, 0.1) is 0 Å². The number of hydrogen-bond donors (Lipinski definition) is 0. The van der Waals surface area contributed by atoms with Gasteiger partial charge >= 0.3 is 22.4 Å². The average molecular weight is 961 g/mol.